The third-order valence-electron chi connectivity index (χ3n) is 0.686. The lowest BCUT2D eigenvalue weighted by Crippen LogP contribution is -2.23. The molecule has 0 saturated carbocycles. The zero-order valence-electron chi connectivity index (χ0n) is 6.65. The molecule has 0 N–H and O–H groups in total. The average molecular weight is 268 g/mol. The van der Waals surface area contributed by atoms with Gasteiger partial charge in [-0.2, -0.15) is 0 Å². The van der Waals surface area contributed by atoms with Crippen LogP contribution in [0.4, 0.5) is 0 Å². The van der Waals surface area contributed by atoms with Gasteiger partial charge in [-0.05, 0) is 29.8 Å². The second kappa shape index (κ2) is 4.18. The number of hydrogen-bond donors (Lipinski definition) is 0. The van der Waals surface area contributed by atoms with Crippen molar-refractivity contribution >= 4 is 30.9 Å². The molecule has 0 aliphatic carbocycles. The highest BCUT2D eigenvalue weighted by Gasteiger charge is 2.15. The second-order valence-corrected chi connectivity index (χ2v) is 8.12. The number of rotatable bonds is 3. The maximum absolute atomic E-state index is 5.53. The molecule has 0 unspecified atom stereocenters. The smallest absolute Gasteiger partial charge is 0.242 e. The zero-order chi connectivity index (χ0) is 8.20. The predicted octanol–water partition coefficient (Wildman–Crippen LogP) is 3.30. The van der Waals surface area contributed by atoms with E-state index in [1.807, 2.05) is 10.2 Å². The maximum atomic E-state index is 5.53. The molecule has 0 aromatic rings. The van der Waals surface area contributed by atoms with E-state index < -0.39 is 8.32 Å². The first-order valence-electron chi connectivity index (χ1n) is 3.10. The van der Waals surface area contributed by atoms with Gasteiger partial charge in [-0.15, -0.1) is 0 Å². The van der Waals surface area contributed by atoms with Gasteiger partial charge < -0.3 is 4.43 Å². The molecule has 3 heteroatoms. The summed E-state index contributed by atoms with van der Waals surface area (Å²) in [6, 6.07) is 0. The van der Waals surface area contributed by atoms with Crippen molar-refractivity contribution in [3.05, 3.63) is 22.5 Å². The van der Waals surface area contributed by atoms with E-state index in [0.29, 0.717) is 0 Å². The SMILES string of the molecule is C=C(/C=C/I)O[Si](C)(C)C. The van der Waals surface area contributed by atoms with Crippen LogP contribution in [0.5, 0.6) is 0 Å². The molecule has 0 rings (SSSR count). The van der Waals surface area contributed by atoms with Gasteiger partial charge in [0.2, 0.25) is 8.32 Å². The van der Waals surface area contributed by atoms with Crippen molar-refractivity contribution in [1.29, 1.82) is 0 Å². The summed E-state index contributed by atoms with van der Waals surface area (Å²) < 4.78 is 7.43. The lowest BCUT2D eigenvalue weighted by molar-refractivity contribution is 0.444. The predicted molar refractivity (Wildman–Crippen MR) is 56.7 cm³/mol. The summed E-state index contributed by atoms with van der Waals surface area (Å²) in [6.07, 6.45) is 1.87. The van der Waals surface area contributed by atoms with Gasteiger partial charge in [-0.3, -0.25) is 0 Å². The maximum Gasteiger partial charge on any atom is 0.242 e. The minimum atomic E-state index is -1.41. The van der Waals surface area contributed by atoms with Crippen LogP contribution in [0.1, 0.15) is 0 Å². The molecular formula is C7H13IOSi. The Kier molecular flexibility index (Phi) is 4.27. The van der Waals surface area contributed by atoms with Crippen LogP contribution >= 0.6 is 22.6 Å². The quantitative estimate of drug-likeness (QED) is 0.330. The van der Waals surface area contributed by atoms with Gasteiger partial charge in [0.05, 0.1) is 5.76 Å². The first-order valence-corrected chi connectivity index (χ1v) is 7.76. The lowest BCUT2D eigenvalue weighted by Gasteiger charge is -2.18. The van der Waals surface area contributed by atoms with Crippen LogP contribution in [-0.2, 0) is 4.43 Å². The molecule has 0 bridgehead atoms. The molecule has 0 heterocycles. The Morgan fingerprint density at radius 2 is 2.00 bits per heavy atom. The molecule has 0 spiro atoms. The molecule has 0 atom stereocenters. The van der Waals surface area contributed by atoms with E-state index in [9.17, 15) is 0 Å². The number of halogens is 1. The van der Waals surface area contributed by atoms with Crippen LogP contribution in [0.2, 0.25) is 19.6 Å². The van der Waals surface area contributed by atoms with Crippen LogP contribution in [0.3, 0.4) is 0 Å². The van der Waals surface area contributed by atoms with Gasteiger partial charge in [0, 0.05) is 0 Å². The van der Waals surface area contributed by atoms with Crippen LogP contribution in [0.15, 0.2) is 22.5 Å². The minimum absolute atomic E-state index is 0.772. The molecule has 0 aromatic carbocycles. The third kappa shape index (κ3) is 6.35. The zero-order valence-corrected chi connectivity index (χ0v) is 9.81. The second-order valence-electron chi connectivity index (χ2n) is 2.97. The minimum Gasteiger partial charge on any atom is -0.545 e. The van der Waals surface area contributed by atoms with E-state index in [1.165, 1.54) is 0 Å². The van der Waals surface area contributed by atoms with E-state index in [4.69, 9.17) is 4.43 Å². The molecule has 0 fully saturated rings. The van der Waals surface area contributed by atoms with Gasteiger partial charge >= 0.3 is 0 Å². The topological polar surface area (TPSA) is 9.23 Å². The summed E-state index contributed by atoms with van der Waals surface area (Å²) in [5.41, 5.74) is 0. The summed E-state index contributed by atoms with van der Waals surface area (Å²) in [5.74, 6) is 0.772. The number of hydrogen-bond acceptors (Lipinski definition) is 1. The van der Waals surface area contributed by atoms with E-state index >= 15 is 0 Å². The van der Waals surface area contributed by atoms with Gasteiger partial charge in [0.1, 0.15) is 0 Å². The number of allylic oxidation sites excluding steroid dienone is 1. The highest BCUT2D eigenvalue weighted by molar-refractivity contribution is 14.1. The molecule has 10 heavy (non-hydrogen) atoms. The largest absolute Gasteiger partial charge is 0.545 e. The Balaban J connectivity index is 3.81. The highest BCUT2D eigenvalue weighted by atomic mass is 127. The Morgan fingerprint density at radius 1 is 1.50 bits per heavy atom. The Bertz CT molecular complexity index is 146. The fourth-order valence-electron chi connectivity index (χ4n) is 0.498. The van der Waals surface area contributed by atoms with Crippen LogP contribution < -0.4 is 0 Å². The summed E-state index contributed by atoms with van der Waals surface area (Å²) in [4.78, 5) is 0. The monoisotopic (exact) mass is 268 g/mol. The molecular weight excluding hydrogens is 255 g/mol. The summed E-state index contributed by atoms with van der Waals surface area (Å²) in [6.45, 7) is 10.2. The Morgan fingerprint density at radius 3 is 2.30 bits per heavy atom. The van der Waals surface area contributed by atoms with Crippen molar-refractivity contribution in [1.82, 2.24) is 0 Å². The summed E-state index contributed by atoms with van der Waals surface area (Å²) in [5, 5.41) is 0. The first-order chi connectivity index (χ1) is 4.45. The molecule has 0 amide bonds. The van der Waals surface area contributed by atoms with E-state index in [0.717, 1.165) is 5.76 Å². The summed E-state index contributed by atoms with van der Waals surface area (Å²) in [7, 11) is -1.41. The Hall–Kier alpha value is 0.227. The fraction of sp³-hybridized carbons (Fsp3) is 0.429. The lowest BCUT2D eigenvalue weighted by atomic mass is 10.6. The van der Waals surface area contributed by atoms with E-state index in [-0.39, 0.29) is 0 Å². The molecule has 0 saturated heterocycles. The van der Waals surface area contributed by atoms with Gasteiger partial charge in [-0.1, -0.05) is 29.2 Å². The van der Waals surface area contributed by atoms with Crippen molar-refractivity contribution in [3.8, 4) is 0 Å². The van der Waals surface area contributed by atoms with Gasteiger partial charge in [-0.25, -0.2) is 0 Å². The standard InChI is InChI=1S/C7H13IOSi/c1-7(5-6-8)9-10(2,3)4/h5-6H,1H2,2-4H3/b6-5+. The highest BCUT2D eigenvalue weighted by Crippen LogP contribution is 2.09. The van der Waals surface area contributed by atoms with Crippen molar-refractivity contribution in [2.24, 2.45) is 0 Å². The van der Waals surface area contributed by atoms with E-state index in [1.54, 1.807) is 0 Å². The van der Waals surface area contributed by atoms with Crippen LogP contribution in [0.25, 0.3) is 0 Å². The first kappa shape index (κ1) is 10.2. The normalized spacial score (nSPS) is 12.0. The van der Waals surface area contributed by atoms with Crippen molar-refractivity contribution in [2.45, 2.75) is 19.6 Å². The van der Waals surface area contributed by atoms with Crippen LogP contribution in [0, 0.1) is 0 Å². The third-order valence-corrected chi connectivity index (χ3v) is 1.92. The molecule has 0 aromatic heterocycles. The molecule has 1 nitrogen and oxygen atoms in total. The molecule has 58 valence electrons. The van der Waals surface area contributed by atoms with Gasteiger partial charge in [0.25, 0.3) is 0 Å². The average Bonchev–Trinajstić information content (AvgIpc) is 1.59. The van der Waals surface area contributed by atoms with Crippen LogP contribution in [-0.4, -0.2) is 8.32 Å². The molecule has 0 aliphatic heterocycles. The fourth-order valence-corrected chi connectivity index (χ4v) is 1.75. The Labute approximate surface area is 77.4 Å². The molecule has 0 aliphatic rings. The molecule has 0 radical (unpaired) electrons. The van der Waals surface area contributed by atoms with Crippen molar-refractivity contribution in [2.75, 3.05) is 0 Å². The summed E-state index contributed by atoms with van der Waals surface area (Å²) >= 11 is 2.15. The van der Waals surface area contributed by atoms with Crippen molar-refractivity contribution in [3.63, 3.8) is 0 Å². The van der Waals surface area contributed by atoms with Crippen molar-refractivity contribution < 1.29 is 4.43 Å². The van der Waals surface area contributed by atoms with Gasteiger partial charge in [0.15, 0.2) is 0 Å². The van der Waals surface area contributed by atoms with E-state index in [2.05, 4.69) is 48.8 Å².